The van der Waals surface area contributed by atoms with E-state index in [1.807, 2.05) is 6.92 Å². The lowest BCUT2D eigenvalue weighted by atomic mass is 10.0. The standard InChI is InChI=1S/C12H19N3O4S2/c1-3-13-11-9(15(16)17)8-10(20-11)21(18,19)14-12(2)6-4-5-7-12/h8,13-14H,3-7H2,1-2H3. The SMILES string of the molecule is CCNc1sc(S(=O)(=O)NC2(C)CCCC2)cc1[N+](=O)[O-]. The second-order valence-corrected chi connectivity index (χ2v) is 8.40. The first-order valence-electron chi connectivity index (χ1n) is 6.83. The van der Waals surface area contributed by atoms with Crippen LogP contribution in [0.25, 0.3) is 0 Å². The Hall–Kier alpha value is -1.19. The summed E-state index contributed by atoms with van der Waals surface area (Å²) in [5.41, 5.74) is -0.644. The van der Waals surface area contributed by atoms with Gasteiger partial charge in [-0.25, -0.2) is 13.1 Å². The highest BCUT2D eigenvalue weighted by Gasteiger charge is 2.35. The average Bonchev–Trinajstić information content (AvgIpc) is 2.96. The zero-order chi connectivity index (χ0) is 15.7. The summed E-state index contributed by atoms with van der Waals surface area (Å²) in [6.07, 6.45) is 3.57. The zero-order valence-corrected chi connectivity index (χ0v) is 13.6. The van der Waals surface area contributed by atoms with Crippen molar-refractivity contribution in [3.05, 3.63) is 16.2 Å². The molecule has 1 fully saturated rings. The fraction of sp³-hybridized carbons (Fsp3) is 0.667. The van der Waals surface area contributed by atoms with Crippen LogP contribution in [0.1, 0.15) is 39.5 Å². The van der Waals surface area contributed by atoms with Crippen LogP contribution >= 0.6 is 11.3 Å². The van der Waals surface area contributed by atoms with Crippen molar-refractivity contribution in [3.63, 3.8) is 0 Å². The number of rotatable bonds is 6. The van der Waals surface area contributed by atoms with E-state index in [-0.39, 0.29) is 14.9 Å². The maximum atomic E-state index is 12.4. The monoisotopic (exact) mass is 333 g/mol. The third-order valence-corrected chi connectivity index (χ3v) is 6.77. The Morgan fingerprint density at radius 1 is 1.43 bits per heavy atom. The molecule has 7 nitrogen and oxygen atoms in total. The van der Waals surface area contributed by atoms with Crippen LogP contribution in [0.15, 0.2) is 10.3 Å². The van der Waals surface area contributed by atoms with Crippen LogP contribution in [0.2, 0.25) is 0 Å². The third-order valence-electron chi connectivity index (χ3n) is 3.58. The van der Waals surface area contributed by atoms with E-state index in [0.717, 1.165) is 43.1 Å². The summed E-state index contributed by atoms with van der Waals surface area (Å²) in [5, 5.41) is 14.1. The number of nitrogens with zero attached hydrogens (tertiary/aromatic N) is 1. The van der Waals surface area contributed by atoms with Gasteiger partial charge in [-0.15, -0.1) is 0 Å². The molecule has 1 heterocycles. The van der Waals surface area contributed by atoms with Crippen molar-refractivity contribution in [2.45, 2.75) is 49.3 Å². The number of hydrogen-bond donors (Lipinski definition) is 2. The summed E-state index contributed by atoms with van der Waals surface area (Å²) >= 11 is 0.898. The molecule has 0 aliphatic heterocycles. The van der Waals surface area contributed by atoms with Crippen LogP contribution in [0, 0.1) is 10.1 Å². The molecule has 1 aromatic rings. The van der Waals surface area contributed by atoms with Gasteiger partial charge in [0.2, 0.25) is 0 Å². The first-order chi connectivity index (χ1) is 9.77. The highest BCUT2D eigenvalue weighted by molar-refractivity contribution is 7.91. The van der Waals surface area contributed by atoms with Crippen LogP contribution in [0.5, 0.6) is 0 Å². The zero-order valence-electron chi connectivity index (χ0n) is 12.0. The van der Waals surface area contributed by atoms with Gasteiger partial charge in [0.25, 0.3) is 10.0 Å². The molecule has 2 rings (SSSR count). The van der Waals surface area contributed by atoms with Gasteiger partial charge in [0.05, 0.1) is 4.92 Å². The minimum Gasteiger partial charge on any atom is -0.372 e. The van der Waals surface area contributed by atoms with Gasteiger partial charge in [0, 0.05) is 18.2 Å². The Bertz CT molecular complexity index is 633. The Morgan fingerprint density at radius 3 is 2.57 bits per heavy atom. The van der Waals surface area contributed by atoms with Gasteiger partial charge >= 0.3 is 5.69 Å². The largest absolute Gasteiger partial charge is 0.372 e. The molecule has 0 bridgehead atoms. The van der Waals surface area contributed by atoms with Crippen LogP contribution in [0.4, 0.5) is 10.7 Å². The van der Waals surface area contributed by atoms with Gasteiger partial charge in [-0.05, 0) is 26.7 Å². The van der Waals surface area contributed by atoms with E-state index in [0.29, 0.717) is 6.54 Å². The van der Waals surface area contributed by atoms with Crippen LogP contribution in [0.3, 0.4) is 0 Å². The smallest absolute Gasteiger partial charge is 0.304 e. The summed E-state index contributed by atoms with van der Waals surface area (Å²) in [6.45, 7) is 4.17. The molecule has 0 spiro atoms. The maximum absolute atomic E-state index is 12.4. The molecule has 2 N–H and O–H groups in total. The number of thiophene rings is 1. The molecule has 0 aromatic carbocycles. The number of nitrogens with one attached hydrogen (secondary N) is 2. The first-order valence-corrected chi connectivity index (χ1v) is 9.13. The molecule has 118 valence electrons. The molecule has 0 unspecified atom stereocenters. The van der Waals surface area contributed by atoms with Gasteiger partial charge < -0.3 is 5.32 Å². The second-order valence-electron chi connectivity index (χ2n) is 5.44. The summed E-state index contributed by atoms with van der Waals surface area (Å²) in [5.74, 6) is 0. The van der Waals surface area contributed by atoms with Crippen LogP contribution < -0.4 is 10.0 Å². The molecule has 0 saturated heterocycles. The number of anilines is 1. The van der Waals surface area contributed by atoms with Gasteiger partial charge in [-0.1, -0.05) is 24.2 Å². The fourth-order valence-electron chi connectivity index (χ4n) is 2.55. The topological polar surface area (TPSA) is 101 Å². The van der Waals surface area contributed by atoms with E-state index < -0.39 is 20.5 Å². The summed E-state index contributed by atoms with van der Waals surface area (Å²) in [4.78, 5) is 10.4. The van der Waals surface area contributed by atoms with Crippen molar-refractivity contribution < 1.29 is 13.3 Å². The van der Waals surface area contributed by atoms with Gasteiger partial charge in [-0.3, -0.25) is 10.1 Å². The molecular formula is C12H19N3O4S2. The van der Waals surface area contributed by atoms with E-state index in [1.165, 1.54) is 0 Å². The highest BCUT2D eigenvalue weighted by Crippen LogP contribution is 2.38. The fourth-order valence-corrected chi connectivity index (χ4v) is 5.41. The second kappa shape index (κ2) is 5.90. The van der Waals surface area contributed by atoms with Crippen molar-refractivity contribution in [3.8, 4) is 0 Å². The summed E-state index contributed by atoms with van der Waals surface area (Å²) in [6, 6.07) is 1.13. The third kappa shape index (κ3) is 3.53. The Morgan fingerprint density at radius 2 is 2.05 bits per heavy atom. The maximum Gasteiger partial charge on any atom is 0.304 e. The number of hydrogen-bond acceptors (Lipinski definition) is 6. The molecule has 1 aliphatic rings. The van der Waals surface area contributed by atoms with Crippen molar-refractivity contribution in [2.75, 3.05) is 11.9 Å². The minimum atomic E-state index is -3.73. The van der Waals surface area contributed by atoms with E-state index in [2.05, 4.69) is 10.0 Å². The summed E-state index contributed by atoms with van der Waals surface area (Å²) in [7, 11) is -3.73. The number of nitro groups is 1. The molecule has 1 aromatic heterocycles. The van der Waals surface area contributed by atoms with E-state index >= 15 is 0 Å². The van der Waals surface area contributed by atoms with E-state index in [4.69, 9.17) is 0 Å². The van der Waals surface area contributed by atoms with Gasteiger partial charge in [-0.2, -0.15) is 0 Å². The predicted molar refractivity (Wildman–Crippen MR) is 82.3 cm³/mol. The summed E-state index contributed by atoms with van der Waals surface area (Å²) < 4.78 is 27.6. The van der Waals surface area contributed by atoms with Gasteiger partial charge in [0.15, 0.2) is 5.00 Å². The van der Waals surface area contributed by atoms with E-state index in [1.54, 1.807) is 6.92 Å². The quantitative estimate of drug-likeness (QED) is 0.615. The van der Waals surface area contributed by atoms with E-state index in [9.17, 15) is 18.5 Å². The van der Waals surface area contributed by atoms with Crippen molar-refractivity contribution in [2.24, 2.45) is 0 Å². The Kier molecular flexibility index (Phi) is 4.54. The first kappa shape index (κ1) is 16.2. The lowest BCUT2D eigenvalue weighted by molar-refractivity contribution is -0.383. The average molecular weight is 333 g/mol. The molecule has 21 heavy (non-hydrogen) atoms. The minimum absolute atomic E-state index is 0.0155. The lowest BCUT2D eigenvalue weighted by Gasteiger charge is -2.24. The normalized spacial score (nSPS) is 17.8. The Balaban J connectivity index is 2.31. The Labute approximate surface area is 127 Å². The van der Waals surface area contributed by atoms with Crippen molar-refractivity contribution >= 4 is 32.0 Å². The highest BCUT2D eigenvalue weighted by atomic mass is 32.2. The molecule has 0 atom stereocenters. The molecule has 1 saturated carbocycles. The lowest BCUT2D eigenvalue weighted by Crippen LogP contribution is -2.43. The molecule has 9 heteroatoms. The molecule has 1 aliphatic carbocycles. The molecule has 0 amide bonds. The number of sulfonamides is 1. The molecular weight excluding hydrogens is 314 g/mol. The molecule has 0 radical (unpaired) electrons. The van der Waals surface area contributed by atoms with Crippen molar-refractivity contribution in [1.29, 1.82) is 0 Å². The van der Waals surface area contributed by atoms with Crippen LogP contribution in [-0.4, -0.2) is 25.4 Å². The van der Waals surface area contributed by atoms with Gasteiger partial charge in [0.1, 0.15) is 4.21 Å². The van der Waals surface area contributed by atoms with Crippen LogP contribution in [-0.2, 0) is 10.0 Å². The van der Waals surface area contributed by atoms with Crippen molar-refractivity contribution in [1.82, 2.24) is 4.72 Å². The predicted octanol–water partition coefficient (Wildman–Crippen LogP) is 2.70.